The van der Waals surface area contributed by atoms with E-state index < -0.39 is 5.91 Å². The van der Waals surface area contributed by atoms with E-state index in [1.54, 1.807) is 18.5 Å². The van der Waals surface area contributed by atoms with Crippen molar-refractivity contribution in [3.63, 3.8) is 0 Å². The van der Waals surface area contributed by atoms with Gasteiger partial charge in [0.05, 0.1) is 18.6 Å². The molecule has 0 unspecified atom stereocenters. The van der Waals surface area contributed by atoms with Crippen LogP contribution in [0.2, 0.25) is 0 Å². The number of carbonyl (C=O) groups is 2. The van der Waals surface area contributed by atoms with E-state index in [0.29, 0.717) is 12.2 Å². The fraction of sp³-hybridized carbons (Fsp3) is 0.368. The molecule has 0 saturated heterocycles. The van der Waals surface area contributed by atoms with Gasteiger partial charge in [-0.1, -0.05) is 37.6 Å². The zero-order valence-corrected chi connectivity index (χ0v) is 14.1. The van der Waals surface area contributed by atoms with E-state index in [1.807, 2.05) is 24.3 Å². The highest BCUT2D eigenvalue weighted by molar-refractivity contribution is 6.00. The number of amides is 1. The number of unbranched alkanes of at least 4 members (excludes halogenated alkanes) is 1. The van der Waals surface area contributed by atoms with Gasteiger partial charge in [-0.15, -0.1) is 0 Å². The number of hydrogen-bond acceptors (Lipinski definition) is 4. The first-order valence-electron chi connectivity index (χ1n) is 8.25. The molecule has 0 aromatic heterocycles. The minimum absolute atomic E-state index is 0.0762. The first kappa shape index (κ1) is 17.9. The summed E-state index contributed by atoms with van der Waals surface area (Å²) in [6, 6.07) is 9.34. The highest BCUT2D eigenvalue weighted by Crippen LogP contribution is 2.33. The lowest BCUT2D eigenvalue weighted by molar-refractivity contribution is -0.128. The lowest BCUT2D eigenvalue weighted by Gasteiger charge is -2.02. The second kappa shape index (κ2) is 8.45. The summed E-state index contributed by atoms with van der Waals surface area (Å²) in [6.45, 7) is 4.24. The largest absolute Gasteiger partial charge is 0.462 e. The molecule has 0 aromatic rings. The maximum absolute atomic E-state index is 12.2. The van der Waals surface area contributed by atoms with E-state index in [9.17, 15) is 9.59 Å². The van der Waals surface area contributed by atoms with Crippen molar-refractivity contribution >= 4 is 11.9 Å². The first-order chi connectivity index (χ1) is 11.6. The standard InChI is InChI=1S/C19H23NO4/c1-3-5-6-14-12-17(19(22)24-4-2)16-10-8-13(7-9-15(14)16)11-18(21)20-23/h7-10,12,23H,3-6,11H2,1-2H3,(H,20,21). The summed E-state index contributed by atoms with van der Waals surface area (Å²) in [7, 11) is 0. The lowest BCUT2D eigenvalue weighted by atomic mass is 10.0. The molecule has 2 aliphatic carbocycles. The minimum atomic E-state index is -0.474. The third kappa shape index (κ3) is 4.11. The molecule has 0 heterocycles. The van der Waals surface area contributed by atoms with E-state index in [1.165, 1.54) is 0 Å². The number of carbonyl (C=O) groups excluding carboxylic acids is 2. The van der Waals surface area contributed by atoms with Crippen LogP contribution in [0.4, 0.5) is 0 Å². The van der Waals surface area contributed by atoms with Crippen LogP contribution in [0.5, 0.6) is 0 Å². The SMILES string of the molecule is CCCCc1cc(C(=O)OCC)c2ccc(CC(=O)NO)ccc1-2. The molecule has 0 aliphatic heterocycles. The molecule has 0 bridgehead atoms. The zero-order valence-electron chi connectivity index (χ0n) is 14.1. The Labute approximate surface area is 141 Å². The van der Waals surface area contributed by atoms with Crippen molar-refractivity contribution in [3.05, 3.63) is 47.0 Å². The number of nitrogens with one attached hydrogen (secondary N) is 1. The van der Waals surface area contributed by atoms with Crippen molar-refractivity contribution in [1.29, 1.82) is 0 Å². The maximum Gasteiger partial charge on any atom is 0.338 e. The summed E-state index contributed by atoms with van der Waals surface area (Å²) in [5, 5.41) is 8.66. The van der Waals surface area contributed by atoms with Gasteiger partial charge in [0.25, 0.3) is 0 Å². The summed E-state index contributed by atoms with van der Waals surface area (Å²) in [5.74, 6) is -0.802. The van der Waals surface area contributed by atoms with Crippen molar-refractivity contribution in [2.45, 2.75) is 39.5 Å². The quantitative estimate of drug-likeness (QED) is 0.464. The summed E-state index contributed by atoms with van der Waals surface area (Å²) in [5.41, 5.74) is 5.90. The number of aryl methyl sites for hydroxylation is 1. The number of fused-ring (bicyclic) bond motifs is 1. The van der Waals surface area contributed by atoms with Crippen LogP contribution in [0.3, 0.4) is 0 Å². The molecule has 2 N–H and O–H groups in total. The Morgan fingerprint density at radius 3 is 2.46 bits per heavy atom. The van der Waals surface area contributed by atoms with Gasteiger partial charge in [0.15, 0.2) is 0 Å². The van der Waals surface area contributed by atoms with Crippen LogP contribution < -0.4 is 5.48 Å². The topological polar surface area (TPSA) is 75.6 Å². The van der Waals surface area contributed by atoms with E-state index in [2.05, 4.69) is 6.92 Å². The van der Waals surface area contributed by atoms with Gasteiger partial charge in [0.2, 0.25) is 5.91 Å². The Morgan fingerprint density at radius 2 is 1.83 bits per heavy atom. The van der Waals surface area contributed by atoms with E-state index >= 15 is 0 Å². The van der Waals surface area contributed by atoms with Crippen molar-refractivity contribution in [2.24, 2.45) is 0 Å². The van der Waals surface area contributed by atoms with E-state index in [-0.39, 0.29) is 12.4 Å². The van der Waals surface area contributed by atoms with Crippen LogP contribution in [-0.4, -0.2) is 23.7 Å². The molecule has 0 spiro atoms. The third-order valence-corrected chi connectivity index (χ3v) is 3.96. The molecule has 5 heteroatoms. The van der Waals surface area contributed by atoms with Crippen LogP contribution in [-0.2, 0) is 22.4 Å². The first-order valence-corrected chi connectivity index (χ1v) is 8.25. The van der Waals surface area contributed by atoms with Crippen molar-refractivity contribution in [1.82, 2.24) is 5.48 Å². The van der Waals surface area contributed by atoms with Gasteiger partial charge in [-0.05, 0) is 48.1 Å². The van der Waals surface area contributed by atoms with Gasteiger partial charge in [-0.3, -0.25) is 10.0 Å². The number of rotatable bonds is 7. The van der Waals surface area contributed by atoms with Gasteiger partial charge in [0, 0.05) is 0 Å². The highest BCUT2D eigenvalue weighted by atomic mass is 16.5. The summed E-state index contributed by atoms with van der Waals surface area (Å²) >= 11 is 0. The van der Waals surface area contributed by atoms with Gasteiger partial charge in [-0.2, -0.15) is 0 Å². The predicted molar refractivity (Wildman–Crippen MR) is 91.3 cm³/mol. The van der Waals surface area contributed by atoms with Crippen LogP contribution in [0, 0.1) is 0 Å². The average molecular weight is 329 g/mol. The molecule has 1 amide bonds. The molecule has 5 nitrogen and oxygen atoms in total. The Bertz CT molecular complexity index is 696. The van der Waals surface area contributed by atoms with Crippen LogP contribution in [0.1, 0.15) is 48.2 Å². The second-order valence-corrected chi connectivity index (χ2v) is 5.69. The molecule has 0 aromatic carbocycles. The van der Waals surface area contributed by atoms with Crippen LogP contribution in [0.25, 0.3) is 11.1 Å². The summed E-state index contributed by atoms with van der Waals surface area (Å²) < 4.78 is 5.16. The highest BCUT2D eigenvalue weighted by Gasteiger charge is 2.20. The summed E-state index contributed by atoms with van der Waals surface area (Å²) in [4.78, 5) is 23.6. The average Bonchev–Trinajstić information content (AvgIpc) is 2.80. The van der Waals surface area contributed by atoms with Crippen molar-refractivity contribution in [2.75, 3.05) is 6.61 Å². The lowest BCUT2D eigenvalue weighted by Crippen LogP contribution is -2.20. The number of ether oxygens (including phenoxy) is 1. The molecule has 2 aliphatic rings. The Hall–Kier alpha value is -2.40. The Balaban J connectivity index is 2.46. The van der Waals surface area contributed by atoms with Crippen molar-refractivity contribution in [3.8, 4) is 11.1 Å². The fourth-order valence-corrected chi connectivity index (χ4v) is 2.76. The maximum atomic E-state index is 12.2. The molecule has 24 heavy (non-hydrogen) atoms. The second-order valence-electron chi connectivity index (χ2n) is 5.69. The summed E-state index contributed by atoms with van der Waals surface area (Å²) in [6.07, 6.45) is 3.08. The van der Waals surface area contributed by atoms with Crippen LogP contribution in [0.15, 0.2) is 30.3 Å². The molecule has 0 atom stereocenters. The normalized spacial score (nSPS) is 10.6. The Morgan fingerprint density at radius 1 is 1.12 bits per heavy atom. The fourth-order valence-electron chi connectivity index (χ4n) is 2.76. The molecule has 2 rings (SSSR count). The minimum Gasteiger partial charge on any atom is -0.462 e. The number of esters is 1. The predicted octanol–water partition coefficient (Wildman–Crippen LogP) is 3.36. The smallest absolute Gasteiger partial charge is 0.338 e. The van der Waals surface area contributed by atoms with E-state index in [4.69, 9.17) is 9.94 Å². The molecular formula is C19H23NO4. The van der Waals surface area contributed by atoms with Gasteiger partial charge in [0.1, 0.15) is 0 Å². The van der Waals surface area contributed by atoms with Crippen LogP contribution >= 0.6 is 0 Å². The molecule has 0 radical (unpaired) electrons. The van der Waals surface area contributed by atoms with Gasteiger partial charge >= 0.3 is 5.97 Å². The third-order valence-electron chi connectivity index (χ3n) is 3.96. The van der Waals surface area contributed by atoms with E-state index in [0.717, 1.165) is 41.5 Å². The van der Waals surface area contributed by atoms with Crippen molar-refractivity contribution < 1.29 is 19.5 Å². The molecular weight excluding hydrogens is 306 g/mol. The number of hydrogen-bond donors (Lipinski definition) is 2. The molecule has 128 valence electrons. The zero-order chi connectivity index (χ0) is 17.5. The Kier molecular flexibility index (Phi) is 6.32. The molecule has 0 saturated carbocycles. The van der Waals surface area contributed by atoms with Gasteiger partial charge in [-0.25, -0.2) is 10.3 Å². The van der Waals surface area contributed by atoms with Gasteiger partial charge < -0.3 is 4.74 Å². The monoisotopic (exact) mass is 329 g/mol. The molecule has 0 fully saturated rings. The number of hydroxylamine groups is 1.